The fraction of sp³-hybridized carbons (Fsp3) is 0.667. The standard InChI is InChI=1S/C18H30N2O/c1-13(2)21-18-11-16(19)10-17(12-18)20-8-7-15-6-4-5-14(3)9-15/h10-15,20H,4-9,19H2,1-3H3. The van der Waals surface area contributed by atoms with Crippen molar-refractivity contribution in [3.63, 3.8) is 0 Å². The molecule has 3 heteroatoms. The summed E-state index contributed by atoms with van der Waals surface area (Å²) in [5.41, 5.74) is 7.76. The van der Waals surface area contributed by atoms with Gasteiger partial charge in [-0.05, 0) is 44.6 Å². The smallest absolute Gasteiger partial charge is 0.123 e. The van der Waals surface area contributed by atoms with Gasteiger partial charge in [-0.1, -0.05) is 26.2 Å². The SMILES string of the molecule is CC1CCCC(CCNc2cc(N)cc(OC(C)C)c2)C1. The van der Waals surface area contributed by atoms with Crippen LogP contribution < -0.4 is 15.8 Å². The van der Waals surface area contributed by atoms with Gasteiger partial charge in [0.25, 0.3) is 0 Å². The van der Waals surface area contributed by atoms with E-state index in [2.05, 4.69) is 12.2 Å². The van der Waals surface area contributed by atoms with Crippen LogP contribution in [-0.4, -0.2) is 12.6 Å². The molecule has 0 bridgehead atoms. The molecular weight excluding hydrogens is 260 g/mol. The van der Waals surface area contributed by atoms with Gasteiger partial charge in [-0.25, -0.2) is 0 Å². The highest BCUT2D eigenvalue weighted by Crippen LogP contribution is 2.31. The molecule has 0 amide bonds. The van der Waals surface area contributed by atoms with Crippen LogP contribution in [-0.2, 0) is 0 Å². The molecule has 2 unspecified atom stereocenters. The molecule has 1 aliphatic rings. The molecule has 2 rings (SSSR count). The van der Waals surface area contributed by atoms with Crippen molar-refractivity contribution in [1.82, 2.24) is 0 Å². The lowest BCUT2D eigenvalue weighted by atomic mass is 9.81. The number of nitrogens with two attached hydrogens (primary N) is 1. The lowest BCUT2D eigenvalue weighted by molar-refractivity contribution is 0.242. The van der Waals surface area contributed by atoms with Gasteiger partial charge in [0.1, 0.15) is 5.75 Å². The summed E-state index contributed by atoms with van der Waals surface area (Å²) in [5, 5.41) is 3.50. The van der Waals surface area contributed by atoms with Crippen LogP contribution in [0, 0.1) is 11.8 Å². The molecule has 21 heavy (non-hydrogen) atoms. The molecule has 1 aromatic carbocycles. The molecule has 1 aliphatic carbocycles. The first-order valence-electron chi connectivity index (χ1n) is 8.34. The molecule has 3 N–H and O–H groups in total. The molecular formula is C18H30N2O. The van der Waals surface area contributed by atoms with E-state index in [-0.39, 0.29) is 6.10 Å². The van der Waals surface area contributed by atoms with Crippen molar-refractivity contribution >= 4 is 11.4 Å². The number of nitrogens with one attached hydrogen (secondary N) is 1. The van der Waals surface area contributed by atoms with Crippen LogP contribution in [0.2, 0.25) is 0 Å². The Hall–Kier alpha value is -1.38. The van der Waals surface area contributed by atoms with E-state index in [0.29, 0.717) is 0 Å². The highest BCUT2D eigenvalue weighted by molar-refractivity contribution is 5.59. The molecule has 0 heterocycles. The Morgan fingerprint density at radius 1 is 1.29 bits per heavy atom. The van der Waals surface area contributed by atoms with Crippen LogP contribution in [0.5, 0.6) is 5.75 Å². The number of hydrogen-bond donors (Lipinski definition) is 2. The van der Waals surface area contributed by atoms with Crippen molar-refractivity contribution in [3.05, 3.63) is 18.2 Å². The Balaban J connectivity index is 1.83. The van der Waals surface area contributed by atoms with Gasteiger partial charge in [0.15, 0.2) is 0 Å². The number of rotatable bonds is 6. The Morgan fingerprint density at radius 3 is 2.81 bits per heavy atom. The van der Waals surface area contributed by atoms with Crippen molar-refractivity contribution in [3.8, 4) is 5.75 Å². The minimum Gasteiger partial charge on any atom is -0.491 e. The third-order valence-corrected chi connectivity index (χ3v) is 4.23. The normalized spacial score (nSPS) is 22.3. The van der Waals surface area contributed by atoms with E-state index in [9.17, 15) is 0 Å². The summed E-state index contributed by atoms with van der Waals surface area (Å²) >= 11 is 0. The largest absolute Gasteiger partial charge is 0.491 e. The van der Waals surface area contributed by atoms with Crippen molar-refractivity contribution in [1.29, 1.82) is 0 Å². The van der Waals surface area contributed by atoms with Crippen molar-refractivity contribution in [2.45, 2.75) is 59.0 Å². The molecule has 0 spiro atoms. The van der Waals surface area contributed by atoms with Crippen molar-refractivity contribution in [2.24, 2.45) is 11.8 Å². The minimum absolute atomic E-state index is 0.170. The maximum Gasteiger partial charge on any atom is 0.123 e. The van der Waals surface area contributed by atoms with Gasteiger partial charge in [0.2, 0.25) is 0 Å². The van der Waals surface area contributed by atoms with Gasteiger partial charge in [-0.3, -0.25) is 0 Å². The number of benzene rings is 1. The summed E-state index contributed by atoms with van der Waals surface area (Å²) in [6.07, 6.45) is 7.01. The molecule has 1 aromatic rings. The van der Waals surface area contributed by atoms with E-state index in [1.165, 1.54) is 32.1 Å². The summed E-state index contributed by atoms with van der Waals surface area (Å²) in [6, 6.07) is 5.91. The van der Waals surface area contributed by atoms with Crippen LogP contribution in [0.4, 0.5) is 11.4 Å². The molecule has 1 saturated carbocycles. The summed E-state index contributed by atoms with van der Waals surface area (Å²) in [5.74, 6) is 2.63. The first kappa shape index (κ1) is 16.0. The fourth-order valence-corrected chi connectivity index (χ4v) is 3.31. The zero-order valence-corrected chi connectivity index (χ0v) is 13.7. The second kappa shape index (κ2) is 7.58. The van der Waals surface area contributed by atoms with Gasteiger partial charge in [-0.15, -0.1) is 0 Å². The van der Waals surface area contributed by atoms with E-state index in [1.54, 1.807) is 0 Å². The second-order valence-electron chi connectivity index (χ2n) is 6.81. The summed E-state index contributed by atoms with van der Waals surface area (Å²) in [7, 11) is 0. The molecule has 0 radical (unpaired) electrons. The van der Waals surface area contributed by atoms with Crippen molar-refractivity contribution < 1.29 is 4.74 Å². The predicted molar refractivity (Wildman–Crippen MR) is 90.8 cm³/mol. The van der Waals surface area contributed by atoms with Crippen LogP contribution in [0.1, 0.15) is 52.9 Å². The van der Waals surface area contributed by atoms with E-state index in [1.807, 2.05) is 32.0 Å². The van der Waals surface area contributed by atoms with Crippen LogP contribution in [0.3, 0.4) is 0 Å². The first-order valence-corrected chi connectivity index (χ1v) is 8.34. The van der Waals surface area contributed by atoms with Gasteiger partial charge in [0, 0.05) is 30.1 Å². The molecule has 0 saturated heterocycles. The van der Waals surface area contributed by atoms with E-state index < -0.39 is 0 Å². The molecule has 1 fully saturated rings. The van der Waals surface area contributed by atoms with E-state index in [0.717, 1.165) is 35.5 Å². The molecule has 0 aromatic heterocycles. The zero-order valence-electron chi connectivity index (χ0n) is 13.7. The van der Waals surface area contributed by atoms with Crippen LogP contribution in [0.25, 0.3) is 0 Å². The predicted octanol–water partition coefficient (Wildman–Crippen LogP) is 4.68. The number of ether oxygens (including phenoxy) is 1. The Kier molecular flexibility index (Phi) is 5.77. The summed E-state index contributed by atoms with van der Waals surface area (Å²) < 4.78 is 5.73. The lowest BCUT2D eigenvalue weighted by Crippen LogP contribution is -2.16. The monoisotopic (exact) mass is 290 g/mol. The highest BCUT2D eigenvalue weighted by atomic mass is 16.5. The number of anilines is 2. The topological polar surface area (TPSA) is 47.3 Å². The lowest BCUT2D eigenvalue weighted by Gasteiger charge is -2.26. The second-order valence-corrected chi connectivity index (χ2v) is 6.81. The molecule has 118 valence electrons. The van der Waals surface area contributed by atoms with Gasteiger partial charge in [0.05, 0.1) is 6.10 Å². The van der Waals surface area contributed by atoms with Crippen LogP contribution in [0.15, 0.2) is 18.2 Å². The van der Waals surface area contributed by atoms with E-state index in [4.69, 9.17) is 10.5 Å². The quantitative estimate of drug-likeness (QED) is 0.747. The average molecular weight is 290 g/mol. The number of hydrogen-bond acceptors (Lipinski definition) is 3. The Bertz CT molecular complexity index is 445. The Labute approximate surface area is 129 Å². The summed E-state index contributed by atoms with van der Waals surface area (Å²) in [6.45, 7) is 7.45. The minimum atomic E-state index is 0.170. The highest BCUT2D eigenvalue weighted by Gasteiger charge is 2.18. The Morgan fingerprint density at radius 2 is 2.10 bits per heavy atom. The average Bonchev–Trinajstić information content (AvgIpc) is 2.37. The third-order valence-electron chi connectivity index (χ3n) is 4.23. The molecule has 3 nitrogen and oxygen atoms in total. The summed E-state index contributed by atoms with van der Waals surface area (Å²) in [4.78, 5) is 0. The fourth-order valence-electron chi connectivity index (χ4n) is 3.31. The number of nitrogen functional groups attached to an aromatic ring is 1. The van der Waals surface area contributed by atoms with Crippen LogP contribution >= 0.6 is 0 Å². The van der Waals surface area contributed by atoms with Gasteiger partial charge in [-0.2, -0.15) is 0 Å². The van der Waals surface area contributed by atoms with E-state index >= 15 is 0 Å². The first-order chi connectivity index (χ1) is 10.0. The maximum absolute atomic E-state index is 5.95. The maximum atomic E-state index is 5.95. The zero-order chi connectivity index (χ0) is 15.2. The van der Waals surface area contributed by atoms with Gasteiger partial charge >= 0.3 is 0 Å². The molecule has 0 aliphatic heterocycles. The van der Waals surface area contributed by atoms with Gasteiger partial charge < -0.3 is 15.8 Å². The van der Waals surface area contributed by atoms with Crippen molar-refractivity contribution in [2.75, 3.05) is 17.6 Å². The molecule has 2 atom stereocenters. The third kappa shape index (κ3) is 5.49.